The van der Waals surface area contributed by atoms with Crippen LogP contribution in [0.1, 0.15) is 31.2 Å². The van der Waals surface area contributed by atoms with Crippen LogP contribution in [0.2, 0.25) is 0 Å². The standard InChI is InChI=1S/C18H23BrO5/c1-3-24-16(21)18(8-17(9-20)10-23-11-17)7-13(18)12-4-5-14(19)15(6-12)22-2/h4-6,13,20H,3,7-11H2,1-2H3. The molecule has 1 aliphatic carbocycles. The van der Waals surface area contributed by atoms with Crippen molar-refractivity contribution in [1.82, 2.24) is 0 Å². The molecule has 0 spiro atoms. The minimum atomic E-state index is -0.568. The van der Waals surface area contributed by atoms with Crippen LogP contribution in [0.25, 0.3) is 0 Å². The number of benzene rings is 1. The molecule has 2 unspecified atom stereocenters. The molecule has 0 amide bonds. The molecule has 1 aromatic carbocycles. The average Bonchev–Trinajstić information content (AvgIpc) is 3.27. The summed E-state index contributed by atoms with van der Waals surface area (Å²) in [7, 11) is 1.63. The zero-order valence-corrected chi connectivity index (χ0v) is 15.6. The highest BCUT2D eigenvalue weighted by atomic mass is 79.9. The highest BCUT2D eigenvalue weighted by Gasteiger charge is 2.65. The van der Waals surface area contributed by atoms with Gasteiger partial charge >= 0.3 is 5.97 Å². The second-order valence-electron chi connectivity index (χ2n) is 6.85. The molecule has 1 heterocycles. The molecule has 3 rings (SSSR count). The molecule has 6 heteroatoms. The lowest BCUT2D eigenvalue weighted by atomic mass is 9.75. The number of esters is 1. The van der Waals surface area contributed by atoms with Gasteiger partial charge in [0.2, 0.25) is 0 Å². The monoisotopic (exact) mass is 398 g/mol. The van der Waals surface area contributed by atoms with Gasteiger partial charge in [-0.05, 0) is 53.4 Å². The Hall–Kier alpha value is -1.11. The molecule has 0 radical (unpaired) electrons. The van der Waals surface area contributed by atoms with Gasteiger partial charge in [-0.3, -0.25) is 4.79 Å². The minimum absolute atomic E-state index is 0.0323. The topological polar surface area (TPSA) is 65.0 Å². The van der Waals surface area contributed by atoms with Gasteiger partial charge in [-0.15, -0.1) is 0 Å². The van der Waals surface area contributed by atoms with Gasteiger partial charge in [-0.1, -0.05) is 6.07 Å². The van der Waals surface area contributed by atoms with Gasteiger partial charge in [0.25, 0.3) is 0 Å². The number of aliphatic hydroxyl groups excluding tert-OH is 1. The van der Waals surface area contributed by atoms with Crippen LogP contribution in [0, 0.1) is 10.8 Å². The van der Waals surface area contributed by atoms with Gasteiger partial charge in [-0.25, -0.2) is 0 Å². The Bertz CT molecular complexity index is 622. The predicted octanol–water partition coefficient (Wildman–Crippen LogP) is 2.89. The van der Waals surface area contributed by atoms with Gasteiger partial charge in [0.1, 0.15) is 5.75 Å². The van der Waals surface area contributed by atoms with Crippen molar-refractivity contribution in [1.29, 1.82) is 0 Å². The summed E-state index contributed by atoms with van der Waals surface area (Å²) in [5.74, 6) is 0.667. The first-order chi connectivity index (χ1) is 11.5. The van der Waals surface area contributed by atoms with Gasteiger partial charge in [-0.2, -0.15) is 0 Å². The van der Waals surface area contributed by atoms with Gasteiger partial charge in [0.15, 0.2) is 0 Å². The van der Waals surface area contributed by atoms with E-state index in [-0.39, 0.29) is 23.9 Å². The summed E-state index contributed by atoms with van der Waals surface area (Å²) in [5, 5.41) is 9.76. The van der Waals surface area contributed by atoms with Gasteiger partial charge in [0.05, 0.1) is 43.4 Å². The maximum atomic E-state index is 12.7. The fourth-order valence-corrected chi connectivity index (χ4v) is 4.12. The summed E-state index contributed by atoms with van der Waals surface area (Å²) < 4.78 is 16.9. The summed E-state index contributed by atoms with van der Waals surface area (Å²) in [6.45, 7) is 3.21. The normalized spacial score (nSPS) is 27.2. The summed E-state index contributed by atoms with van der Waals surface area (Å²) in [4.78, 5) is 12.7. The predicted molar refractivity (Wildman–Crippen MR) is 92.1 cm³/mol. The Morgan fingerprint density at radius 2 is 2.21 bits per heavy atom. The third kappa shape index (κ3) is 2.95. The van der Waals surface area contributed by atoms with E-state index < -0.39 is 5.41 Å². The largest absolute Gasteiger partial charge is 0.496 e. The van der Waals surface area contributed by atoms with Gasteiger partial charge < -0.3 is 19.3 Å². The highest BCUT2D eigenvalue weighted by Crippen LogP contribution is 2.65. The van der Waals surface area contributed by atoms with Crippen LogP contribution in [-0.4, -0.2) is 44.6 Å². The molecular weight excluding hydrogens is 376 g/mol. The molecule has 24 heavy (non-hydrogen) atoms. The first-order valence-corrected chi connectivity index (χ1v) is 8.99. The number of aliphatic hydroxyl groups is 1. The van der Waals surface area contributed by atoms with E-state index in [1.165, 1.54) is 0 Å². The van der Waals surface area contributed by atoms with Crippen molar-refractivity contribution >= 4 is 21.9 Å². The molecule has 2 atom stereocenters. The molecule has 2 aliphatic rings. The molecule has 1 aromatic rings. The van der Waals surface area contributed by atoms with Crippen LogP contribution in [0.3, 0.4) is 0 Å². The molecule has 1 saturated heterocycles. The van der Waals surface area contributed by atoms with Crippen molar-refractivity contribution in [2.45, 2.75) is 25.7 Å². The Morgan fingerprint density at radius 3 is 2.75 bits per heavy atom. The lowest BCUT2D eigenvalue weighted by Gasteiger charge is -2.42. The van der Waals surface area contributed by atoms with Crippen LogP contribution < -0.4 is 4.74 Å². The van der Waals surface area contributed by atoms with Crippen molar-refractivity contribution in [3.05, 3.63) is 28.2 Å². The molecule has 2 fully saturated rings. The molecule has 1 saturated carbocycles. The van der Waals surface area contributed by atoms with E-state index in [0.29, 0.717) is 26.2 Å². The number of methoxy groups -OCH3 is 1. The maximum Gasteiger partial charge on any atom is 0.312 e. The fourth-order valence-electron chi connectivity index (χ4n) is 3.71. The zero-order chi connectivity index (χ0) is 17.4. The SMILES string of the molecule is CCOC(=O)C1(CC2(CO)COC2)CC1c1ccc(Br)c(OC)c1. The second-order valence-corrected chi connectivity index (χ2v) is 7.71. The Balaban J connectivity index is 1.87. The number of ether oxygens (including phenoxy) is 3. The van der Waals surface area contributed by atoms with E-state index in [9.17, 15) is 9.90 Å². The van der Waals surface area contributed by atoms with E-state index in [2.05, 4.69) is 15.9 Å². The number of rotatable bonds is 7. The van der Waals surface area contributed by atoms with E-state index in [0.717, 1.165) is 22.2 Å². The molecule has 5 nitrogen and oxygen atoms in total. The molecule has 1 N–H and O–H groups in total. The second kappa shape index (κ2) is 6.65. The smallest absolute Gasteiger partial charge is 0.312 e. The average molecular weight is 399 g/mol. The maximum absolute atomic E-state index is 12.7. The van der Waals surface area contributed by atoms with Crippen LogP contribution in [0.5, 0.6) is 5.75 Å². The first-order valence-electron chi connectivity index (χ1n) is 8.19. The number of hydrogen-bond acceptors (Lipinski definition) is 5. The summed E-state index contributed by atoms with van der Waals surface area (Å²) in [5.41, 5.74) is 0.180. The minimum Gasteiger partial charge on any atom is -0.496 e. The molecule has 1 aliphatic heterocycles. The fraction of sp³-hybridized carbons (Fsp3) is 0.611. The number of carbonyl (C=O) groups excluding carboxylic acids is 1. The third-order valence-corrected chi connectivity index (χ3v) is 5.83. The van der Waals surface area contributed by atoms with Crippen LogP contribution >= 0.6 is 15.9 Å². The third-order valence-electron chi connectivity index (χ3n) is 5.18. The Labute approximate surface area is 150 Å². The van der Waals surface area contributed by atoms with E-state index >= 15 is 0 Å². The van der Waals surface area contributed by atoms with E-state index in [1.54, 1.807) is 7.11 Å². The van der Waals surface area contributed by atoms with Crippen molar-refractivity contribution < 1.29 is 24.1 Å². The van der Waals surface area contributed by atoms with Crippen LogP contribution in [-0.2, 0) is 14.3 Å². The van der Waals surface area contributed by atoms with Crippen molar-refractivity contribution in [3.63, 3.8) is 0 Å². The lowest BCUT2D eigenvalue weighted by Crippen LogP contribution is -2.48. The van der Waals surface area contributed by atoms with Crippen molar-refractivity contribution in [2.75, 3.05) is 33.5 Å². The molecule has 0 bridgehead atoms. The molecule has 132 valence electrons. The van der Waals surface area contributed by atoms with Crippen molar-refractivity contribution in [3.8, 4) is 5.75 Å². The van der Waals surface area contributed by atoms with E-state index in [4.69, 9.17) is 14.2 Å². The zero-order valence-electron chi connectivity index (χ0n) is 14.0. The number of carbonyl (C=O) groups is 1. The van der Waals surface area contributed by atoms with Crippen LogP contribution in [0.4, 0.5) is 0 Å². The van der Waals surface area contributed by atoms with Crippen molar-refractivity contribution in [2.24, 2.45) is 10.8 Å². The number of hydrogen-bond donors (Lipinski definition) is 1. The quantitative estimate of drug-likeness (QED) is 0.715. The molecular formula is C18H23BrO5. The van der Waals surface area contributed by atoms with E-state index in [1.807, 2.05) is 25.1 Å². The highest BCUT2D eigenvalue weighted by molar-refractivity contribution is 9.10. The number of halogens is 1. The Morgan fingerprint density at radius 1 is 1.46 bits per heavy atom. The summed E-state index contributed by atoms with van der Waals surface area (Å²) >= 11 is 3.46. The van der Waals surface area contributed by atoms with Gasteiger partial charge in [0, 0.05) is 11.3 Å². The van der Waals surface area contributed by atoms with Crippen LogP contribution in [0.15, 0.2) is 22.7 Å². The summed E-state index contributed by atoms with van der Waals surface area (Å²) in [6, 6.07) is 5.93. The lowest BCUT2D eigenvalue weighted by molar-refractivity contribution is -0.168. The first kappa shape index (κ1) is 17.7. The summed E-state index contributed by atoms with van der Waals surface area (Å²) in [6.07, 6.45) is 1.33. The Kier molecular flexibility index (Phi) is 4.91. The molecule has 0 aromatic heterocycles.